The van der Waals surface area contributed by atoms with Crippen molar-refractivity contribution in [3.63, 3.8) is 0 Å². The van der Waals surface area contributed by atoms with Crippen molar-refractivity contribution < 1.29 is 5.11 Å². The highest BCUT2D eigenvalue weighted by Gasteiger charge is 1.94. The van der Waals surface area contributed by atoms with Gasteiger partial charge in [-0.1, -0.05) is 6.92 Å². The number of rotatable bonds is 3. The minimum atomic E-state index is -0.0880. The zero-order valence-corrected chi connectivity index (χ0v) is 5.66. The number of thioether (sulfide) groups is 1. The van der Waals surface area contributed by atoms with Crippen molar-refractivity contribution in [2.45, 2.75) is 19.4 Å². The van der Waals surface area contributed by atoms with Gasteiger partial charge in [0, 0.05) is 5.75 Å². The van der Waals surface area contributed by atoms with Gasteiger partial charge in [-0.05, 0) is 12.7 Å². The largest absolute Gasteiger partial charge is 0.392 e. The molecule has 0 saturated carbocycles. The summed E-state index contributed by atoms with van der Waals surface area (Å²) in [6.45, 7) is 1.99. The van der Waals surface area contributed by atoms with E-state index in [9.17, 15) is 0 Å². The maximum Gasteiger partial charge on any atom is 0.0627 e. The van der Waals surface area contributed by atoms with Crippen molar-refractivity contribution >= 4 is 11.8 Å². The molecule has 1 atom stereocenters. The average molecular weight is 120 g/mol. The Morgan fingerprint density at radius 2 is 2.29 bits per heavy atom. The SMILES string of the molecule is CCC(O)CSC. The van der Waals surface area contributed by atoms with Crippen LogP contribution in [0, 0.1) is 0 Å². The van der Waals surface area contributed by atoms with E-state index in [0.717, 1.165) is 12.2 Å². The minimum Gasteiger partial charge on any atom is -0.392 e. The van der Waals surface area contributed by atoms with Crippen LogP contribution in [0.3, 0.4) is 0 Å². The molecule has 0 rings (SSSR count). The first kappa shape index (κ1) is 7.31. The first-order chi connectivity index (χ1) is 3.31. The van der Waals surface area contributed by atoms with Crippen LogP contribution in [0.15, 0.2) is 0 Å². The Bertz CT molecular complexity index is 39.1. The summed E-state index contributed by atoms with van der Waals surface area (Å²) in [4.78, 5) is 0. The molecule has 0 aliphatic rings. The van der Waals surface area contributed by atoms with Gasteiger partial charge in [-0.2, -0.15) is 11.8 Å². The van der Waals surface area contributed by atoms with Gasteiger partial charge in [-0.25, -0.2) is 0 Å². The van der Waals surface area contributed by atoms with Gasteiger partial charge in [-0.3, -0.25) is 0 Å². The summed E-state index contributed by atoms with van der Waals surface area (Å²) in [5.41, 5.74) is 0. The lowest BCUT2D eigenvalue weighted by Gasteiger charge is -2.01. The molecule has 2 heteroatoms. The predicted octanol–water partition coefficient (Wildman–Crippen LogP) is 1.12. The van der Waals surface area contributed by atoms with Crippen LogP contribution in [0.25, 0.3) is 0 Å². The van der Waals surface area contributed by atoms with Gasteiger partial charge >= 0.3 is 0 Å². The Balaban J connectivity index is 2.83. The summed E-state index contributed by atoms with van der Waals surface area (Å²) in [6, 6.07) is 0. The van der Waals surface area contributed by atoms with E-state index in [1.54, 1.807) is 11.8 Å². The highest BCUT2D eigenvalue weighted by atomic mass is 32.2. The molecule has 1 nitrogen and oxygen atoms in total. The second-order valence-corrected chi connectivity index (χ2v) is 2.43. The first-order valence-electron chi connectivity index (χ1n) is 2.48. The fourth-order valence-corrected chi connectivity index (χ4v) is 0.931. The Morgan fingerprint density at radius 1 is 1.71 bits per heavy atom. The maximum atomic E-state index is 8.84. The van der Waals surface area contributed by atoms with E-state index in [1.807, 2.05) is 13.2 Å². The predicted molar refractivity (Wildman–Crippen MR) is 34.7 cm³/mol. The van der Waals surface area contributed by atoms with Crippen LogP contribution < -0.4 is 0 Å². The molecular formula is C5H12OS. The molecule has 0 amide bonds. The van der Waals surface area contributed by atoms with Gasteiger partial charge in [0.2, 0.25) is 0 Å². The van der Waals surface area contributed by atoms with E-state index >= 15 is 0 Å². The van der Waals surface area contributed by atoms with Gasteiger partial charge in [-0.15, -0.1) is 0 Å². The molecule has 44 valence electrons. The van der Waals surface area contributed by atoms with Gasteiger partial charge in [0.05, 0.1) is 6.10 Å². The van der Waals surface area contributed by atoms with E-state index in [4.69, 9.17) is 5.11 Å². The molecule has 0 spiro atoms. The molecule has 0 saturated heterocycles. The van der Waals surface area contributed by atoms with Crippen molar-refractivity contribution in [1.29, 1.82) is 0 Å². The second kappa shape index (κ2) is 4.47. The van der Waals surface area contributed by atoms with Crippen LogP contribution in [0.4, 0.5) is 0 Å². The smallest absolute Gasteiger partial charge is 0.0627 e. The van der Waals surface area contributed by atoms with Crippen LogP contribution in [0.1, 0.15) is 13.3 Å². The van der Waals surface area contributed by atoms with Gasteiger partial charge < -0.3 is 5.11 Å². The number of hydrogen-bond donors (Lipinski definition) is 1. The fraction of sp³-hybridized carbons (Fsp3) is 1.00. The molecule has 1 unspecified atom stereocenters. The fourth-order valence-electron chi connectivity index (χ4n) is 0.310. The summed E-state index contributed by atoms with van der Waals surface area (Å²) in [5.74, 6) is 0.872. The van der Waals surface area contributed by atoms with Crippen LogP contribution >= 0.6 is 11.8 Å². The van der Waals surface area contributed by atoms with Crippen LogP contribution in [0.5, 0.6) is 0 Å². The Hall–Kier alpha value is 0.310. The third kappa shape index (κ3) is 4.16. The molecule has 0 fully saturated rings. The third-order valence-electron chi connectivity index (χ3n) is 0.830. The summed E-state index contributed by atoms with van der Waals surface area (Å²) in [6.07, 6.45) is 2.79. The highest BCUT2D eigenvalue weighted by Crippen LogP contribution is 1.98. The number of aliphatic hydroxyl groups is 1. The van der Waals surface area contributed by atoms with Gasteiger partial charge in [0.1, 0.15) is 0 Å². The van der Waals surface area contributed by atoms with Crippen molar-refractivity contribution in [3.05, 3.63) is 0 Å². The lowest BCUT2D eigenvalue weighted by atomic mass is 10.3. The molecule has 0 bridgehead atoms. The topological polar surface area (TPSA) is 20.2 Å². The van der Waals surface area contributed by atoms with Gasteiger partial charge in [0.15, 0.2) is 0 Å². The lowest BCUT2D eigenvalue weighted by molar-refractivity contribution is 0.195. The standard InChI is InChI=1S/C5H12OS/c1-3-5(6)4-7-2/h5-6H,3-4H2,1-2H3. The number of hydrogen-bond acceptors (Lipinski definition) is 2. The highest BCUT2D eigenvalue weighted by molar-refractivity contribution is 7.98. The second-order valence-electron chi connectivity index (χ2n) is 1.52. The zero-order valence-electron chi connectivity index (χ0n) is 4.85. The monoisotopic (exact) mass is 120 g/mol. The van der Waals surface area contributed by atoms with E-state index in [2.05, 4.69) is 0 Å². The quantitative estimate of drug-likeness (QED) is 0.602. The summed E-state index contributed by atoms with van der Waals surface area (Å²) in [5, 5.41) is 8.84. The minimum absolute atomic E-state index is 0.0880. The van der Waals surface area contributed by atoms with E-state index in [-0.39, 0.29) is 6.10 Å². The lowest BCUT2D eigenvalue weighted by Crippen LogP contribution is -2.06. The van der Waals surface area contributed by atoms with Gasteiger partial charge in [0.25, 0.3) is 0 Å². The van der Waals surface area contributed by atoms with Crippen LogP contribution in [0.2, 0.25) is 0 Å². The van der Waals surface area contributed by atoms with E-state index in [0.29, 0.717) is 0 Å². The average Bonchev–Trinajstić information content (AvgIpc) is 1.68. The third-order valence-corrected chi connectivity index (χ3v) is 1.55. The molecule has 0 heterocycles. The summed E-state index contributed by atoms with van der Waals surface area (Å²) >= 11 is 1.68. The molecule has 0 aliphatic heterocycles. The molecule has 0 radical (unpaired) electrons. The van der Waals surface area contributed by atoms with E-state index in [1.165, 1.54) is 0 Å². The number of aliphatic hydroxyl groups excluding tert-OH is 1. The molecule has 7 heavy (non-hydrogen) atoms. The van der Waals surface area contributed by atoms with Crippen LogP contribution in [-0.2, 0) is 0 Å². The van der Waals surface area contributed by atoms with Crippen molar-refractivity contribution in [1.82, 2.24) is 0 Å². The van der Waals surface area contributed by atoms with E-state index < -0.39 is 0 Å². The molecule has 0 aromatic rings. The van der Waals surface area contributed by atoms with Crippen molar-refractivity contribution in [2.75, 3.05) is 12.0 Å². The Labute approximate surface area is 49.1 Å². The van der Waals surface area contributed by atoms with Crippen molar-refractivity contribution in [3.8, 4) is 0 Å². The molecule has 0 aromatic carbocycles. The first-order valence-corrected chi connectivity index (χ1v) is 3.87. The summed E-state index contributed by atoms with van der Waals surface area (Å²) < 4.78 is 0. The molecule has 0 aromatic heterocycles. The molecule has 0 aliphatic carbocycles. The summed E-state index contributed by atoms with van der Waals surface area (Å²) in [7, 11) is 0. The van der Waals surface area contributed by atoms with Crippen LogP contribution in [-0.4, -0.2) is 23.2 Å². The van der Waals surface area contributed by atoms with Crippen molar-refractivity contribution in [2.24, 2.45) is 0 Å². The normalized spacial score (nSPS) is 14.1. The Kier molecular flexibility index (Phi) is 4.67. The molecular weight excluding hydrogens is 108 g/mol. The zero-order chi connectivity index (χ0) is 5.70. The molecule has 1 N–H and O–H groups in total. The maximum absolute atomic E-state index is 8.84. The Morgan fingerprint density at radius 3 is 2.43 bits per heavy atom.